The van der Waals surface area contributed by atoms with Gasteiger partial charge in [-0.25, -0.2) is 15.0 Å². The minimum atomic E-state index is -4.59. The first-order chi connectivity index (χ1) is 20.4. The molecule has 1 aromatic carbocycles. The number of carbonyl (C=O) groups excluding carboxylic acids is 2. The molecule has 1 amide bonds. The predicted octanol–water partition coefficient (Wildman–Crippen LogP) is 5.90. The number of ether oxygens (including phenoxy) is 2. The maximum atomic E-state index is 13.1. The predicted molar refractivity (Wildman–Crippen MR) is 151 cm³/mol. The Morgan fingerprint density at radius 2 is 2.07 bits per heavy atom. The summed E-state index contributed by atoms with van der Waals surface area (Å²) in [5.74, 6) is -0.178. The molecule has 1 saturated carbocycles. The van der Waals surface area contributed by atoms with Gasteiger partial charge in [-0.15, -0.1) is 0 Å². The van der Waals surface area contributed by atoms with E-state index in [1.54, 1.807) is 17.4 Å². The Balaban J connectivity index is 1.39. The molecular weight excluding hydrogens is 589 g/mol. The lowest BCUT2D eigenvalue weighted by molar-refractivity contribution is -0.203. The SMILES string of the molecule is CCOc1cc(C(=O)Nc2cc(C(F)(F)F)ccn2)ccc1-c1nc([C@H]2CC[C@]3(C2)C(=O)OC3C)n2c(Cl)cnc(N)c12. The van der Waals surface area contributed by atoms with E-state index >= 15 is 0 Å². The molecule has 6 rings (SSSR count). The third-order valence-corrected chi connectivity index (χ3v) is 8.45. The van der Waals surface area contributed by atoms with Crippen molar-refractivity contribution in [2.24, 2.45) is 5.41 Å². The molecule has 4 aromatic rings. The number of fused-ring (bicyclic) bond motifs is 1. The molecular formula is C29H26ClF3N6O4. The number of pyridine rings is 1. The number of alkyl halides is 3. The Morgan fingerprint density at radius 3 is 2.74 bits per heavy atom. The largest absolute Gasteiger partial charge is 0.493 e. The average Bonchev–Trinajstić information content (AvgIpc) is 3.61. The summed E-state index contributed by atoms with van der Waals surface area (Å²) < 4.78 is 52.3. The highest BCUT2D eigenvalue weighted by Crippen LogP contribution is 2.55. The zero-order valence-corrected chi connectivity index (χ0v) is 23.8. The average molecular weight is 615 g/mol. The topological polar surface area (TPSA) is 134 Å². The lowest BCUT2D eigenvalue weighted by atomic mass is 9.76. The number of halogens is 4. The van der Waals surface area contributed by atoms with Crippen LogP contribution in [0.4, 0.5) is 24.8 Å². The molecule has 14 heteroatoms. The zero-order valence-electron chi connectivity index (χ0n) is 23.0. The molecule has 0 bridgehead atoms. The summed E-state index contributed by atoms with van der Waals surface area (Å²) in [6.45, 7) is 3.90. The fourth-order valence-electron chi connectivity index (χ4n) is 5.94. The number of hydrogen-bond donors (Lipinski definition) is 2. The quantitative estimate of drug-likeness (QED) is 0.257. The summed E-state index contributed by atoms with van der Waals surface area (Å²) in [6, 6.07) is 6.16. The number of carbonyl (C=O) groups is 2. The zero-order chi connectivity index (χ0) is 30.7. The Kier molecular flexibility index (Phi) is 6.95. The van der Waals surface area contributed by atoms with Crippen LogP contribution in [0, 0.1) is 5.41 Å². The summed E-state index contributed by atoms with van der Waals surface area (Å²) in [4.78, 5) is 38.5. The van der Waals surface area contributed by atoms with Crippen LogP contribution in [0.2, 0.25) is 5.15 Å². The molecule has 2 fully saturated rings. The van der Waals surface area contributed by atoms with Crippen molar-refractivity contribution in [3.63, 3.8) is 0 Å². The molecule has 1 saturated heterocycles. The van der Waals surface area contributed by atoms with Crippen molar-refractivity contribution < 1.29 is 32.2 Å². The number of nitrogens with one attached hydrogen (secondary N) is 1. The molecule has 43 heavy (non-hydrogen) atoms. The minimum Gasteiger partial charge on any atom is -0.493 e. The molecule has 10 nitrogen and oxygen atoms in total. The number of nitrogen functional groups attached to an aromatic ring is 1. The fourth-order valence-corrected chi connectivity index (χ4v) is 6.16. The minimum absolute atomic E-state index is 0.114. The van der Waals surface area contributed by atoms with Gasteiger partial charge in [0.15, 0.2) is 0 Å². The van der Waals surface area contributed by atoms with Gasteiger partial charge in [-0.1, -0.05) is 11.6 Å². The molecule has 1 spiro atoms. The van der Waals surface area contributed by atoms with Crippen LogP contribution in [0.3, 0.4) is 0 Å². The van der Waals surface area contributed by atoms with E-state index in [0.717, 1.165) is 18.3 Å². The van der Waals surface area contributed by atoms with Gasteiger partial charge in [0.05, 0.1) is 18.4 Å². The summed E-state index contributed by atoms with van der Waals surface area (Å²) in [5, 5.41) is 2.68. The van der Waals surface area contributed by atoms with Crippen LogP contribution in [-0.4, -0.2) is 43.9 Å². The number of anilines is 2. The first kappa shape index (κ1) is 28.7. The van der Waals surface area contributed by atoms with E-state index in [2.05, 4.69) is 15.3 Å². The van der Waals surface area contributed by atoms with E-state index in [-0.39, 0.29) is 52.7 Å². The van der Waals surface area contributed by atoms with E-state index in [4.69, 9.17) is 31.8 Å². The number of rotatable bonds is 6. The second kappa shape index (κ2) is 10.4. The summed E-state index contributed by atoms with van der Waals surface area (Å²) in [5.41, 5.74) is 6.33. The van der Waals surface area contributed by atoms with E-state index in [1.807, 2.05) is 6.92 Å². The van der Waals surface area contributed by atoms with Gasteiger partial charge >= 0.3 is 12.1 Å². The molecule has 1 unspecified atom stereocenters. The highest BCUT2D eigenvalue weighted by molar-refractivity contribution is 6.30. The fraction of sp³-hybridized carbons (Fsp3) is 0.345. The Morgan fingerprint density at radius 1 is 1.28 bits per heavy atom. The van der Waals surface area contributed by atoms with Gasteiger partial charge in [-0.2, -0.15) is 13.2 Å². The third-order valence-electron chi connectivity index (χ3n) is 8.18. The van der Waals surface area contributed by atoms with Gasteiger partial charge in [-0.3, -0.25) is 14.0 Å². The van der Waals surface area contributed by atoms with Crippen molar-refractivity contribution in [3.05, 3.63) is 64.8 Å². The molecule has 1 aliphatic heterocycles. The van der Waals surface area contributed by atoms with Crippen molar-refractivity contribution >= 4 is 40.6 Å². The number of nitrogens with two attached hydrogens (primary N) is 1. The molecule has 1 aliphatic carbocycles. The first-order valence-corrected chi connectivity index (χ1v) is 14.0. The van der Waals surface area contributed by atoms with Crippen LogP contribution >= 0.6 is 11.6 Å². The number of cyclic esters (lactones) is 1. The number of benzene rings is 1. The third kappa shape index (κ3) is 4.81. The van der Waals surface area contributed by atoms with Gasteiger partial charge in [0.2, 0.25) is 0 Å². The molecule has 3 aromatic heterocycles. The van der Waals surface area contributed by atoms with Gasteiger partial charge in [0, 0.05) is 23.2 Å². The van der Waals surface area contributed by atoms with E-state index in [9.17, 15) is 22.8 Å². The van der Waals surface area contributed by atoms with Crippen molar-refractivity contribution in [1.29, 1.82) is 0 Å². The highest BCUT2D eigenvalue weighted by atomic mass is 35.5. The van der Waals surface area contributed by atoms with Crippen molar-refractivity contribution in [2.45, 2.75) is 51.3 Å². The standard InChI is InChI=1S/C29H26ClF3N6O4/c1-3-42-19-10-15(26(40)37-21-11-17(7-9-35-21)29(31,32)33)4-5-18(19)22-23-24(34)36-13-20(30)39(23)25(38-22)16-6-8-28(12-16)14(2)43-27(28)41/h4-5,7,9-11,13-14,16H,3,6,8,12H2,1-2H3,(H2,34,36)(H,35,37,40)/t14?,16-,28+/m0/s1. The van der Waals surface area contributed by atoms with Crippen LogP contribution in [0.25, 0.3) is 16.8 Å². The van der Waals surface area contributed by atoms with Crippen LogP contribution in [0.15, 0.2) is 42.7 Å². The van der Waals surface area contributed by atoms with E-state index in [1.165, 1.54) is 18.3 Å². The molecule has 2 aliphatic rings. The number of nitrogens with zero attached hydrogens (tertiary/aromatic N) is 4. The van der Waals surface area contributed by atoms with Crippen molar-refractivity contribution in [1.82, 2.24) is 19.4 Å². The monoisotopic (exact) mass is 614 g/mol. The van der Waals surface area contributed by atoms with Gasteiger partial charge in [-0.05, 0) is 63.4 Å². The number of imidazole rings is 1. The second-order valence-corrected chi connectivity index (χ2v) is 11.0. The van der Waals surface area contributed by atoms with Crippen LogP contribution in [0.5, 0.6) is 5.75 Å². The Hall–Kier alpha value is -4.39. The number of aromatic nitrogens is 4. The van der Waals surface area contributed by atoms with Gasteiger partial charge in [0.1, 0.15) is 51.1 Å². The summed E-state index contributed by atoms with van der Waals surface area (Å²) in [6.07, 6.45) is -0.470. The lowest BCUT2D eigenvalue weighted by Crippen LogP contribution is -2.53. The van der Waals surface area contributed by atoms with Crippen LogP contribution < -0.4 is 15.8 Å². The normalized spacial score (nSPS) is 21.6. The molecule has 3 N–H and O–H groups in total. The maximum absolute atomic E-state index is 13.1. The number of amides is 1. The van der Waals surface area contributed by atoms with Gasteiger partial charge < -0.3 is 20.5 Å². The molecule has 4 heterocycles. The molecule has 224 valence electrons. The Labute approximate surface area is 248 Å². The lowest BCUT2D eigenvalue weighted by Gasteiger charge is -2.42. The van der Waals surface area contributed by atoms with E-state index < -0.39 is 23.1 Å². The van der Waals surface area contributed by atoms with Gasteiger partial charge in [0.25, 0.3) is 5.91 Å². The highest BCUT2D eigenvalue weighted by Gasteiger charge is 2.59. The number of hydrogen-bond acceptors (Lipinski definition) is 8. The molecule has 3 atom stereocenters. The maximum Gasteiger partial charge on any atom is 0.416 e. The van der Waals surface area contributed by atoms with E-state index in [0.29, 0.717) is 41.9 Å². The molecule has 0 radical (unpaired) electrons. The first-order valence-electron chi connectivity index (χ1n) is 13.6. The van der Waals surface area contributed by atoms with Crippen LogP contribution in [0.1, 0.15) is 60.8 Å². The van der Waals surface area contributed by atoms with Crippen molar-refractivity contribution in [2.75, 3.05) is 17.7 Å². The summed E-state index contributed by atoms with van der Waals surface area (Å²) in [7, 11) is 0. The smallest absolute Gasteiger partial charge is 0.416 e. The number of esters is 1. The van der Waals surface area contributed by atoms with Crippen LogP contribution in [-0.2, 0) is 15.7 Å². The second-order valence-electron chi connectivity index (χ2n) is 10.6. The van der Waals surface area contributed by atoms with Crippen molar-refractivity contribution in [3.8, 4) is 17.0 Å². The summed E-state index contributed by atoms with van der Waals surface area (Å²) >= 11 is 6.63. The Bertz CT molecular complexity index is 1780.